The first-order valence-electron chi connectivity index (χ1n) is 7.27. The van der Waals surface area contributed by atoms with Crippen LogP contribution in [0.25, 0.3) is 0 Å². The van der Waals surface area contributed by atoms with Crippen molar-refractivity contribution in [3.8, 4) is 0 Å². The van der Waals surface area contributed by atoms with Crippen LogP contribution in [0.15, 0.2) is 40.6 Å². The van der Waals surface area contributed by atoms with Gasteiger partial charge in [0.2, 0.25) is 0 Å². The fourth-order valence-electron chi connectivity index (χ4n) is 2.64. The largest absolute Gasteiger partial charge is 0.399 e. The fraction of sp³-hybridized carbons (Fsp3) is 0.333. The Morgan fingerprint density at radius 2 is 1.87 bits per heavy atom. The van der Waals surface area contributed by atoms with E-state index < -0.39 is 10.0 Å². The van der Waals surface area contributed by atoms with Gasteiger partial charge in [0, 0.05) is 38.4 Å². The van der Waals surface area contributed by atoms with Crippen molar-refractivity contribution in [1.29, 1.82) is 0 Å². The van der Waals surface area contributed by atoms with E-state index in [0.717, 1.165) is 29.1 Å². The third-order valence-electron chi connectivity index (χ3n) is 3.83. The van der Waals surface area contributed by atoms with E-state index >= 15 is 0 Å². The minimum absolute atomic E-state index is 0.312. The zero-order valence-electron chi connectivity index (χ0n) is 12.5. The zero-order valence-corrected chi connectivity index (χ0v) is 14.9. The number of sulfonamides is 1. The second-order valence-electron chi connectivity index (χ2n) is 5.48. The van der Waals surface area contributed by atoms with Crippen LogP contribution in [0.5, 0.6) is 0 Å². The van der Waals surface area contributed by atoms with Crippen molar-refractivity contribution in [2.45, 2.75) is 10.8 Å². The fourth-order valence-corrected chi connectivity index (χ4v) is 5.70. The zero-order chi connectivity index (χ0) is 16.4. The van der Waals surface area contributed by atoms with Crippen molar-refractivity contribution in [1.82, 2.24) is 9.21 Å². The summed E-state index contributed by atoms with van der Waals surface area (Å²) in [4.78, 5) is 2.24. The molecule has 0 unspecified atom stereocenters. The third kappa shape index (κ3) is 3.87. The summed E-state index contributed by atoms with van der Waals surface area (Å²) in [6.45, 7) is 3.16. The number of nitrogen functional groups attached to an aromatic ring is 1. The van der Waals surface area contributed by atoms with Gasteiger partial charge < -0.3 is 5.73 Å². The molecule has 1 aromatic carbocycles. The standard InChI is InChI=1S/C15H18ClN3O2S2/c16-14-4-5-15(22-14)23(20,21)19-8-6-18(7-9-19)11-12-2-1-3-13(17)10-12/h1-5,10H,6-9,11,17H2. The van der Waals surface area contributed by atoms with Crippen LogP contribution in [0.1, 0.15) is 5.56 Å². The van der Waals surface area contributed by atoms with Gasteiger partial charge in [-0.05, 0) is 29.8 Å². The molecule has 0 spiro atoms. The Hall–Kier alpha value is -1.12. The van der Waals surface area contributed by atoms with Crippen LogP contribution in [0.2, 0.25) is 4.34 Å². The molecule has 1 aliphatic heterocycles. The maximum Gasteiger partial charge on any atom is 0.252 e. The topological polar surface area (TPSA) is 66.6 Å². The van der Waals surface area contributed by atoms with Gasteiger partial charge >= 0.3 is 0 Å². The third-order valence-corrected chi connectivity index (χ3v) is 7.43. The summed E-state index contributed by atoms with van der Waals surface area (Å²) < 4.78 is 27.4. The van der Waals surface area contributed by atoms with E-state index in [1.54, 1.807) is 12.1 Å². The molecule has 124 valence electrons. The first kappa shape index (κ1) is 16.7. The van der Waals surface area contributed by atoms with E-state index in [-0.39, 0.29) is 0 Å². The Morgan fingerprint density at radius 1 is 1.13 bits per heavy atom. The first-order valence-corrected chi connectivity index (χ1v) is 9.91. The van der Waals surface area contributed by atoms with Gasteiger partial charge in [-0.1, -0.05) is 23.7 Å². The lowest BCUT2D eigenvalue weighted by molar-refractivity contribution is 0.182. The minimum Gasteiger partial charge on any atom is -0.399 e. The maximum absolute atomic E-state index is 12.6. The van der Waals surface area contributed by atoms with E-state index in [9.17, 15) is 8.42 Å². The molecule has 3 rings (SSSR count). The Balaban J connectivity index is 1.62. The van der Waals surface area contributed by atoms with Crippen LogP contribution in [-0.2, 0) is 16.6 Å². The van der Waals surface area contributed by atoms with E-state index in [4.69, 9.17) is 17.3 Å². The quantitative estimate of drug-likeness (QED) is 0.838. The van der Waals surface area contributed by atoms with Crippen molar-refractivity contribution in [2.75, 3.05) is 31.9 Å². The van der Waals surface area contributed by atoms with E-state index in [1.807, 2.05) is 24.3 Å². The number of piperazine rings is 1. The Morgan fingerprint density at radius 3 is 2.48 bits per heavy atom. The summed E-state index contributed by atoms with van der Waals surface area (Å²) in [6.07, 6.45) is 0. The molecule has 2 aromatic rings. The molecule has 1 saturated heterocycles. The molecular weight excluding hydrogens is 354 g/mol. The number of benzene rings is 1. The number of anilines is 1. The monoisotopic (exact) mass is 371 g/mol. The molecule has 5 nitrogen and oxygen atoms in total. The highest BCUT2D eigenvalue weighted by Crippen LogP contribution is 2.28. The number of nitrogens with two attached hydrogens (primary N) is 1. The summed E-state index contributed by atoms with van der Waals surface area (Å²) in [5.74, 6) is 0. The summed E-state index contributed by atoms with van der Waals surface area (Å²) in [6, 6.07) is 11.0. The highest BCUT2D eigenvalue weighted by molar-refractivity contribution is 7.91. The molecule has 0 saturated carbocycles. The highest BCUT2D eigenvalue weighted by atomic mass is 35.5. The van der Waals surface area contributed by atoms with Crippen LogP contribution < -0.4 is 5.73 Å². The van der Waals surface area contributed by atoms with Crippen LogP contribution in [0.3, 0.4) is 0 Å². The SMILES string of the molecule is Nc1cccc(CN2CCN(S(=O)(=O)c3ccc(Cl)s3)CC2)c1. The van der Waals surface area contributed by atoms with Gasteiger partial charge in [-0.25, -0.2) is 8.42 Å². The highest BCUT2D eigenvalue weighted by Gasteiger charge is 2.29. The molecule has 2 heterocycles. The molecule has 2 N–H and O–H groups in total. The average Bonchev–Trinajstić information content (AvgIpc) is 2.95. The summed E-state index contributed by atoms with van der Waals surface area (Å²) in [7, 11) is -3.42. The number of hydrogen-bond acceptors (Lipinski definition) is 5. The molecule has 8 heteroatoms. The van der Waals surface area contributed by atoms with Crippen molar-refractivity contribution in [3.05, 3.63) is 46.3 Å². The van der Waals surface area contributed by atoms with Gasteiger partial charge in [0.05, 0.1) is 4.34 Å². The smallest absolute Gasteiger partial charge is 0.252 e. The summed E-state index contributed by atoms with van der Waals surface area (Å²) in [5, 5.41) is 0. The molecule has 0 bridgehead atoms. The number of halogens is 1. The maximum atomic E-state index is 12.6. The van der Waals surface area contributed by atoms with Crippen LogP contribution in [0.4, 0.5) is 5.69 Å². The number of thiophene rings is 1. The average molecular weight is 372 g/mol. The summed E-state index contributed by atoms with van der Waals surface area (Å²) in [5.41, 5.74) is 7.69. The molecule has 1 fully saturated rings. The van der Waals surface area contributed by atoms with Crippen LogP contribution in [-0.4, -0.2) is 43.8 Å². The Labute approximate surface area is 145 Å². The molecular formula is C15H18ClN3O2S2. The second kappa shape index (κ2) is 6.78. The van der Waals surface area contributed by atoms with E-state index in [1.165, 1.54) is 4.31 Å². The molecule has 1 aromatic heterocycles. The lowest BCUT2D eigenvalue weighted by Crippen LogP contribution is -2.48. The summed E-state index contributed by atoms with van der Waals surface area (Å²) >= 11 is 6.95. The molecule has 0 atom stereocenters. The Bertz CT molecular complexity index is 784. The minimum atomic E-state index is -3.42. The molecule has 1 aliphatic rings. The van der Waals surface area contributed by atoms with Crippen molar-refractivity contribution >= 4 is 38.6 Å². The second-order valence-corrected chi connectivity index (χ2v) is 9.36. The normalized spacial score (nSPS) is 17.4. The molecule has 0 radical (unpaired) electrons. The van der Waals surface area contributed by atoms with Crippen molar-refractivity contribution in [2.24, 2.45) is 0 Å². The predicted octanol–water partition coefficient (Wildman–Crippen LogP) is 2.49. The molecule has 23 heavy (non-hydrogen) atoms. The van der Waals surface area contributed by atoms with Crippen LogP contribution in [0, 0.1) is 0 Å². The number of hydrogen-bond donors (Lipinski definition) is 1. The lowest BCUT2D eigenvalue weighted by atomic mass is 10.2. The van der Waals surface area contributed by atoms with Crippen molar-refractivity contribution < 1.29 is 8.42 Å². The van der Waals surface area contributed by atoms with Gasteiger partial charge in [0.25, 0.3) is 10.0 Å². The number of rotatable bonds is 4. The molecule has 0 amide bonds. The van der Waals surface area contributed by atoms with E-state index in [0.29, 0.717) is 34.7 Å². The first-order chi connectivity index (χ1) is 10.9. The van der Waals surface area contributed by atoms with Gasteiger partial charge in [-0.3, -0.25) is 4.90 Å². The van der Waals surface area contributed by atoms with Crippen molar-refractivity contribution in [3.63, 3.8) is 0 Å². The van der Waals surface area contributed by atoms with Gasteiger partial charge in [-0.2, -0.15) is 4.31 Å². The molecule has 0 aliphatic carbocycles. The predicted molar refractivity (Wildman–Crippen MR) is 94.2 cm³/mol. The lowest BCUT2D eigenvalue weighted by Gasteiger charge is -2.33. The van der Waals surface area contributed by atoms with Gasteiger partial charge in [0.15, 0.2) is 0 Å². The van der Waals surface area contributed by atoms with Gasteiger partial charge in [0.1, 0.15) is 4.21 Å². The number of nitrogens with zero attached hydrogens (tertiary/aromatic N) is 2. The van der Waals surface area contributed by atoms with E-state index in [2.05, 4.69) is 4.90 Å². The Kier molecular flexibility index (Phi) is 4.93. The van der Waals surface area contributed by atoms with Crippen LogP contribution >= 0.6 is 22.9 Å². The van der Waals surface area contributed by atoms with Gasteiger partial charge in [-0.15, -0.1) is 11.3 Å².